The number of fused-ring (bicyclic) bond motifs is 1. The van der Waals surface area contributed by atoms with Crippen LogP contribution in [0.1, 0.15) is 27.6 Å². The fraction of sp³-hybridized carbons (Fsp3) is 0.222. The van der Waals surface area contributed by atoms with Crippen LogP contribution in [0.5, 0.6) is 0 Å². The number of amides is 1. The Kier molecular flexibility index (Phi) is 4.92. The molecule has 0 radical (unpaired) electrons. The molecule has 7 nitrogen and oxygen atoms in total. The summed E-state index contributed by atoms with van der Waals surface area (Å²) in [4.78, 5) is 18.4. The van der Waals surface area contributed by atoms with Gasteiger partial charge in [0.25, 0.3) is 5.91 Å². The van der Waals surface area contributed by atoms with Gasteiger partial charge in [-0.3, -0.25) is 9.79 Å². The van der Waals surface area contributed by atoms with Crippen LogP contribution in [0.25, 0.3) is 5.70 Å². The van der Waals surface area contributed by atoms with Crippen LogP contribution in [-0.4, -0.2) is 38.3 Å². The lowest BCUT2D eigenvalue weighted by Crippen LogP contribution is -2.39. The molecule has 1 aromatic heterocycles. The Bertz CT molecular complexity index is 914. The molecule has 3 rings (SSSR count). The molecule has 0 spiro atoms. The second-order valence-corrected chi connectivity index (χ2v) is 5.90. The van der Waals surface area contributed by atoms with Gasteiger partial charge in [0, 0.05) is 24.9 Å². The molecule has 134 valence electrons. The van der Waals surface area contributed by atoms with E-state index in [-0.39, 0.29) is 11.7 Å². The molecule has 2 N–H and O–H groups in total. The van der Waals surface area contributed by atoms with Gasteiger partial charge in [-0.15, -0.1) is 10.2 Å². The molecule has 1 aliphatic heterocycles. The molecule has 1 amide bonds. The van der Waals surface area contributed by atoms with Crippen LogP contribution in [0, 0.1) is 12.7 Å². The smallest absolute Gasteiger partial charge is 0.254 e. The Balaban J connectivity index is 1.80. The highest BCUT2D eigenvalue weighted by molar-refractivity contribution is 5.95. The van der Waals surface area contributed by atoms with Gasteiger partial charge in [-0.2, -0.15) is 0 Å². The summed E-state index contributed by atoms with van der Waals surface area (Å²) >= 11 is 0. The van der Waals surface area contributed by atoms with Crippen molar-refractivity contribution in [2.24, 2.45) is 10.7 Å². The van der Waals surface area contributed by atoms with Gasteiger partial charge in [-0.25, -0.2) is 4.39 Å². The van der Waals surface area contributed by atoms with E-state index < -0.39 is 0 Å². The van der Waals surface area contributed by atoms with Gasteiger partial charge in [-0.1, -0.05) is 12.7 Å². The molecule has 2 aromatic rings. The van der Waals surface area contributed by atoms with Gasteiger partial charge < -0.3 is 15.2 Å². The summed E-state index contributed by atoms with van der Waals surface area (Å²) in [7, 11) is 0. The van der Waals surface area contributed by atoms with Crippen LogP contribution >= 0.6 is 0 Å². The molecule has 0 saturated heterocycles. The standard InChI is InChI=1S/C18H19FN6O/c1-3-6-21-10-15(20)17-23-22-16-11-24(7-8-25(16)17)18(26)14-5-4-13(19)9-12(14)2/h3-6,9-10H,1,7-8,11,20H2,2H3/b15-10-,21-6-. The van der Waals surface area contributed by atoms with Crippen molar-refractivity contribution >= 4 is 17.8 Å². The normalized spacial score (nSPS) is 14.5. The first-order valence-corrected chi connectivity index (χ1v) is 8.09. The highest BCUT2D eigenvalue weighted by Crippen LogP contribution is 2.19. The average Bonchev–Trinajstić information content (AvgIpc) is 3.04. The number of allylic oxidation sites excluding steroid dienone is 1. The number of rotatable bonds is 4. The van der Waals surface area contributed by atoms with E-state index in [1.165, 1.54) is 30.6 Å². The molecule has 0 saturated carbocycles. The number of aryl methyl sites for hydroxylation is 1. The molecular weight excluding hydrogens is 335 g/mol. The lowest BCUT2D eigenvalue weighted by atomic mass is 10.1. The maximum Gasteiger partial charge on any atom is 0.254 e. The number of halogens is 1. The zero-order valence-electron chi connectivity index (χ0n) is 14.4. The molecule has 0 aliphatic carbocycles. The largest absolute Gasteiger partial charge is 0.394 e. The van der Waals surface area contributed by atoms with Gasteiger partial charge in [0.1, 0.15) is 5.82 Å². The number of carbonyl (C=O) groups is 1. The fourth-order valence-corrected chi connectivity index (χ4v) is 2.82. The van der Waals surface area contributed by atoms with Gasteiger partial charge in [-0.05, 0) is 30.7 Å². The van der Waals surface area contributed by atoms with Crippen molar-refractivity contribution in [1.82, 2.24) is 19.7 Å². The van der Waals surface area contributed by atoms with Crippen molar-refractivity contribution in [3.63, 3.8) is 0 Å². The molecule has 0 bridgehead atoms. The third-order valence-electron chi connectivity index (χ3n) is 4.12. The van der Waals surface area contributed by atoms with E-state index in [0.717, 1.165) is 0 Å². The van der Waals surface area contributed by atoms with E-state index >= 15 is 0 Å². The van der Waals surface area contributed by atoms with E-state index in [4.69, 9.17) is 5.73 Å². The fourth-order valence-electron chi connectivity index (χ4n) is 2.82. The summed E-state index contributed by atoms with van der Waals surface area (Å²) in [6, 6.07) is 4.16. The zero-order valence-corrected chi connectivity index (χ0v) is 14.4. The minimum Gasteiger partial charge on any atom is -0.394 e. The van der Waals surface area contributed by atoms with Crippen LogP contribution < -0.4 is 5.73 Å². The predicted octanol–water partition coefficient (Wildman–Crippen LogP) is 1.90. The molecule has 26 heavy (non-hydrogen) atoms. The Morgan fingerprint density at radius 3 is 2.92 bits per heavy atom. The van der Waals surface area contributed by atoms with E-state index in [1.54, 1.807) is 17.9 Å². The molecule has 8 heteroatoms. The number of nitrogens with two attached hydrogens (primary N) is 1. The molecule has 1 aromatic carbocycles. The van der Waals surface area contributed by atoms with Gasteiger partial charge in [0.05, 0.1) is 18.4 Å². The SMILES string of the molecule is C=C/C=N\C=C(/N)c1nnc2n1CCN(C(=O)c1ccc(F)cc1C)C2. The summed E-state index contributed by atoms with van der Waals surface area (Å²) in [5.41, 5.74) is 7.47. The second kappa shape index (κ2) is 7.30. The quantitative estimate of drug-likeness (QED) is 0.849. The number of aromatic nitrogens is 3. The van der Waals surface area contributed by atoms with Crippen molar-refractivity contribution in [2.45, 2.75) is 20.0 Å². The topological polar surface area (TPSA) is 89.4 Å². The maximum atomic E-state index is 13.3. The summed E-state index contributed by atoms with van der Waals surface area (Å²) in [5.74, 6) is 0.649. The number of benzene rings is 1. The third-order valence-corrected chi connectivity index (χ3v) is 4.12. The molecule has 1 aliphatic rings. The van der Waals surface area contributed by atoms with Crippen molar-refractivity contribution in [2.75, 3.05) is 6.54 Å². The Labute approximate surface area is 150 Å². The first kappa shape index (κ1) is 17.5. The second-order valence-electron chi connectivity index (χ2n) is 5.90. The van der Waals surface area contributed by atoms with Crippen LogP contribution in [-0.2, 0) is 13.1 Å². The summed E-state index contributed by atoms with van der Waals surface area (Å²) < 4.78 is 15.1. The van der Waals surface area contributed by atoms with Crippen molar-refractivity contribution in [1.29, 1.82) is 0 Å². The minimum atomic E-state index is -0.358. The summed E-state index contributed by atoms with van der Waals surface area (Å²) in [6.07, 6.45) is 4.55. The van der Waals surface area contributed by atoms with E-state index in [1.807, 2.05) is 4.57 Å². The first-order chi connectivity index (χ1) is 12.5. The lowest BCUT2D eigenvalue weighted by Gasteiger charge is -2.28. The number of nitrogens with zero attached hydrogens (tertiary/aromatic N) is 5. The predicted molar refractivity (Wildman–Crippen MR) is 96.8 cm³/mol. The number of hydrogen-bond donors (Lipinski definition) is 1. The number of hydrogen-bond acceptors (Lipinski definition) is 5. The molecular formula is C18H19FN6O. The van der Waals surface area contributed by atoms with E-state index in [9.17, 15) is 9.18 Å². The Hall–Kier alpha value is -3.29. The molecule has 2 heterocycles. The van der Waals surface area contributed by atoms with Crippen molar-refractivity contribution in [3.8, 4) is 0 Å². The highest BCUT2D eigenvalue weighted by atomic mass is 19.1. The first-order valence-electron chi connectivity index (χ1n) is 8.09. The van der Waals surface area contributed by atoms with Crippen LogP contribution in [0.2, 0.25) is 0 Å². The Morgan fingerprint density at radius 1 is 1.38 bits per heavy atom. The van der Waals surface area contributed by atoms with Gasteiger partial charge in [0.15, 0.2) is 11.6 Å². The van der Waals surface area contributed by atoms with Crippen molar-refractivity contribution < 1.29 is 9.18 Å². The number of carbonyl (C=O) groups excluding carboxylic acids is 1. The van der Waals surface area contributed by atoms with Crippen LogP contribution in [0.4, 0.5) is 4.39 Å². The van der Waals surface area contributed by atoms with Gasteiger partial charge >= 0.3 is 0 Å². The van der Waals surface area contributed by atoms with E-state index in [0.29, 0.717) is 48.1 Å². The Morgan fingerprint density at radius 2 is 2.19 bits per heavy atom. The number of aliphatic imine (C=N–C) groups is 1. The van der Waals surface area contributed by atoms with Crippen LogP contribution in [0.15, 0.2) is 42.0 Å². The highest BCUT2D eigenvalue weighted by Gasteiger charge is 2.26. The molecule has 0 fully saturated rings. The summed E-state index contributed by atoms with van der Waals surface area (Å²) in [5, 5.41) is 8.24. The monoisotopic (exact) mass is 354 g/mol. The van der Waals surface area contributed by atoms with E-state index in [2.05, 4.69) is 21.8 Å². The van der Waals surface area contributed by atoms with Gasteiger partial charge in [0.2, 0.25) is 0 Å². The summed E-state index contributed by atoms with van der Waals surface area (Å²) in [6.45, 7) is 6.57. The maximum absolute atomic E-state index is 13.3. The van der Waals surface area contributed by atoms with Crippen LogP contribution in [0.3, 0.4) is 0 Å². The zero-order chi connectivity index (χ0) is 18.7. The lowest BCUT2D eigenvalue weighted by molar-refractivity contribution is 0.0706. The average molecular weight is 354 g/mol. The molecule has 0 atom stereocenters. The molecule has 0 unspecified atom stereocenters. The van der Waals surface area contributed by atoms with Crippen molar-refractivity contribution in [3.05, 3.63) is 65.6 Å². The minimum absolute atomic E-state index is 0.155. The third kappa shape index (κ3) is 3.39.